The van der Waals surface area contributed by atoms with Crippen molar-refractivity contribution in [3.8, 4) is 0 Å². The molecule has 0 spiro atoms. The van der Waals surface area contributed by atoms with Crippen molar-refractivity contribution in [2.45, 2.75) is 143 Å². The highest BCUT2D eigenvalue weighted by atomic mass is 16.8. The molecule has 0 aromatic carbocycles. The second-order valence-electron chi connectivity index (χ2n) is 13.3. The van der Waals surface area contributed by atoms with E-state index in [-0.39, 0.29) is 0 Å². The van der Waals surface area contributed by atoms with Gasteiger partial charge in [0, 0.05) is 20.8 Å². The average molecular weight is 790 g/mol. The summed E-state index contributed by atoms with van der Waals surface area (Å²) in [5, 5.41) is 122. The molecule has 0 saturated carbocycles. The molecule has 4 saturated heterocycles. The van der Waals surface area contributed by atoms with Gasteiger partial charge in [0.05, 0.1) is 26.4 Å². The Morgan fingerprint density at radius 3 is 1.22 bits per heavy atom. The number of carbonyl (C=O) groups excluding carboxylic acids is 3. The molecule has 4 heterocycles. The lowest BCUT2D eigenvalue weighted by molar-refractivity contribution is -0.375. The van der Waals surface area contributed by atoms with E-state index in [1.165, 1.54) is 0 Å². The van der Waals surface area contributed by atoms with E-state index in [4.69, 9.17) is 33.2 Å². The Bertz CT molecular complexity index is 1250. The number of carbonyl (C=O) groups is 3. The third kappa shape index (κ3) is 9.79. The van der Waals surface area contributed by atoms with Gasteiger partial charge in [-0.2, -0.15) is 0 Å². The summed E-state index contributed by atoms with van der Waals surface area (Å²) in [7, 11) is 0. The molecule has 0 aromatic heterocycles. The van der Waals surface area contributed by atoms with Gasteiger partial charge < -0.3 is 105 Å². The molecule has 0 radical (unpaired) electrons. The number of nitrogens with one attached hydrogen (secondary N) is 3. The van der Waals surface area contributed by atoms with Gasteiger partial charge in [-0.25, -0.2) is 0 Å². The van der Waals surface area contributed by atoms with Gasteiger partial charge in [0.2, 0.25) is 17.7 Å². The van der Waals surface area contributed by atoms with E-state index in [9.17, 15) is 70.6 Å². The van der Waals surface area contributed by atoms with E-state index in [0.29, 0.717) is 0 Å². The van der Waals surface area contributed by atoms with Crippen LogP contribution in [0.1, 0.15) is 20.8 Å². The minimum atomic E-state index is -1.97. The SMILES string of the molecule is CC(=O)N[C@H]1[C@@H](O[C@@H]2[C@@H](NC(C)=O)[C@@H](O[C@H]3[C@H](O)[C@@H](O)[C@@H](O)O[C@@H]3CO)O[C@H](CO)[C@@H]2O[C@H]2O[C@H](CO)[C@@H](O)[C@H](O)[C@H]2NC(C)=O)O[C@H](CO)[C@H](O)[C@@H]1O. The number of ether oxygens (including phenoxy) is 7. The first-order valence-corrected chi connectivity index (χ1v) is 17.1. The molecule has 3 amide bonds. The largest absolute Gasteiger partial charge is 0.394 e. The first kappa shape index (κ1) is 44.4. The Morgan fingerprint density at radius 1 is 0.444 bits per heavy atom. The molecule has 14 N–H and O–H groups in total. The van der Waals surface area contributed by atoms with E-state index >= 15 is 0 Å². The summed E-state index contributed by atoms with van der Waals surface area (Å²) >= 11 is 0. The highest BCUT2D eigenvalue weighted by Gasteiger charge is 2.57. The van der Waals surface area contributed by atoms with Crippen LogP contribution in [0, 0.1) is 0 Å². The Hall–Kier alpha value is -2.31. The maximum Gasteiger partial charge on any atom is 0.217 e. The molecule has 54 heavy (non-hydrogen) atoms. The third-order valence-corrected chi connectivity index (χ3v) is 9.41. The topological polar surface area (TPSA) is 374 Å². The zero-order valence-corrected chi connectivity index (χ0v) is 29.4. The average Bonchev–Trinajstić information content (AvgIpc) is 3.12. The smallest absolute Gasteiger partial charge is 0.217 e. The van der Waals surface area contributed by atoms with Crippen LogP contribution in [0.15, 0.2) is 0 Å². The number of hydrogen-bond acceptors (Lipinski definition) is 21. The summed E-state index contributed by atoms with van der Waals surface area (Å²) in [5.41, 5.74) is 0. The van der Waals surface area contributed by atoms with Crippen molar-refractivity contribution in [1.82, 2.24) is 16.0 Å². The molecular formula is C30H51N3O21. The number of aliphatic hydroxyl groups is 11. The first-order chi connectivity index (χ1) is 25.5. The van der Waals surface area contributed by atoms with E-state index in [0.717, 1.165) is 20.8 Å². The summed E-state index contributed by atoms with van der Waals surface area (Å²) in [4.78, 5) is 37.1. The fourth-order valence-electron chi connectivity index (χ4n) is 6.75. The van der Waals surface area contributed by atoms with Crippen LogP contribution in [-0.2, 0) is 47.5 Å². The molecule has 312 valence electrons. The van der Waals surface area contributed by atoms with Crippen molar-refractivity contribution >= 4 is 17.7 Å². The van der Waals surface area contributed by atoms with Crippen LogP contribution in [0.2, 0.25) is 0 Å². The Labute approximate surface area is 307 Å². The number of rotatable bonds is 13. The monoisotopic (exact) mass is 789 g/mol. The van der Waals surface area contributed by atoms with Crippen LogP contribution in [0.3, 0.4) is 0 Å². The number of aliphatic hydroxyl groups excluding tert-OH is 11. The summed E-state index contributed by atoms with van der Waals surface area (Å²) in [6.45, 7) is -0.370. The lowest BCUT2D eigenvalue weighted by Gasteiger charge is -2.52. The molecule has 24 nitrogen and oxygen atoms in total. The highest BCUT2D eigenvalue weighted by Crippen LogP contribution is 2.35. The van der Waals surface area contributed by atoms with E-state index in [1.807, 2.05) is 0 Å². The molecule has 0 bridgehead atoms. The van der Waals surface area contributed by atoms with Gasteiger partial charge in [-0.05, 0) is 0 Å². The van der Waals surface area contributed by atoms with Crippen LogP contribution in [0.25, 0.3) is 0 Å². The van der Waals surface area contributed by atoms with Gasteiger partial charge >= 0.3 is 0 Å². The molecule has 4 aliphatic rings. The van der Waals surface area contributed by atoms with Crippen molar-refractivity contribution in [3.63, 3.8) is 0 Å². The molecule has 4 fully saturated rings. The van der Waals surface area contributed by atoms with Crippen molar-refractivity contribution in [1.29, 1.82) is 0 Å². The summed E-state index contributed by atoms with van der Waals surface area (Å²) < 4.78 is 41.0. The van der Waals surface area contributed by atoms with Crippen LogP contribution in [0.5, 0.6) is 0 Å². The molecule has 4 rings (SSSR count). The van der Waals surface area contributed by atoms with E-state index < -0.39 is 167 Å². The lowest BCUT2D eigenvalue weighted by atomic mass is 9.93. The van der Waals surface area contributed by atoms with Crippen LogP contribution < -0.4 is 16.0 Å². The van der Waals surface area contributed by atoms with Gasteiger partial charge in [0.1, 0.15) is 97.5 Å². The van der Waals surface area contributed by atoms with E-state index in [2.05, 4.69) is 16.0 Å². The number of hydrogen-bond donors (Lipinski definition) is 14. The van der Waals surface area contributed by atoms with Gasteiger partial charge in [-0.15, -0.1) is 0 Å². The molecule has 0 aromatic rings. The predicted octanol–water partition coefficient (Wildman–Crippen LogP) is -9.32. The van der Waals surface area contributed by atoms with Gasteiger partial charge in [0.25, 0.3) is 0 Å². The molecular weight excluding hydrogens is 738 g/mol. The van der Waals surface area contributed by atoms with E-state index in [1.54, 1.807) is 0 Å². The van der Waals surface area contributed by atoms with Crippen molar-refractivity contribution in [2.24, 2.45) is 0 Å². The standard InChI is InChI=1S/C30H51N3O21/c1-8(38)31-15-20(43)18(41)11(4-34)49-28(15)53-25-14(7-37)51-30(52-24-13(6-36)48-27(47)23(46)22(24)45)17(33-10(3)40)26(25)54-29-16(32-9(2)39)21(44)19(42)12(5-35)50-29/h11-30,34-37,41-47H,4-7H2,1-3H3,(H,31,38)(H,32,39)(H,33,40)/t11-,12-,13-,14-,15-,16-,17-,18-,19+,20-,21-,22-,23-,24-,25+,26-,27+,28-,29-,30-/m1/s1. The second kappa shape index (κ2) is 19.2. The third-order valence-electron chi connectivity index (χ3n) is 9.41. The predicted molar refractivity (Wildman–Crippen MR) is 169 cm³/mol. The molecule has 24 heteroatoms. The van der Waals surface area contributed by atoms with Crippen molar-refractivity contribution in [3.05, 3.63) is 0 Å². The van der Waals surface area contributed by atoms with Crippen LogP contribution >= 0.6 is 0 Å². The zero-order valence-electron chi connectivity index (χ0n) is 29.4. The quantitative estimate of drug-likeness (QED) is 0.0823. The Morgan fingerprint density at radius 2 is 0.796 bits per heavy atom. The molecule has 4 aliphatic heterocycles. The maximum absolute atomic E-state index is 12.7. The summed E-state index contributed by atoms with van der Waals surface area (Å²) in [6.07, 6.45) is -29.9. The summed E-state index contributed by atoms with van der Waals surface area (Å²) in [5.74, 6) is -2.26. The van der Waals surface area contributed by atoms with Crippen molar-refractivity contribution < 1.29 is 104 Å². The van der Waals surface area contributed by atoms with Gasteiger partial charge in [-0.3, -0.25) is 14.4 Å². The van der Waals surface area contributed by atoms with Gasteiger partial charge in [-0.1, -0.05) is 0 Å². The highest BCUT2D eigenvalue weighted by molar-refractivity contribution is 5.74. The van der Waals surface area contributed by atoms with Crippen LogP contribution in [-0.4, -0.2) is 223 Å². The fourth-order valence-corrected chi connectivity index (χ4v) is 6.75. The lowest BCUT2D eigenvalue weighted by Crippen LogP contribution is -2.72. The second-order valence-corrected chi connectivity index (χ2v) is 13.3. The number of amides is 3. The van der Waals surface area contributed by atoms with Gasteiger partial charge in [0.15, 0.2) is 25.2 Å². The fraction of sp³-hybridized carbons (Fsp3) is 0.900. The normalized spacial score (nSPS) is 45.7. The minimum Gasteiger partial charge on any atom is -0.394 e. The maximum atomic E-state index is 12.7. The molecule has 20 atom stereocenters. The molecule has 0 unspecified atom stereocenters. The Kier molecular flexibility index (Phi) is 15.8. The van der Waals surface area contributed by atoms with Crippen LogP contribution in [0.4, 0.5) is 0 Å². The Balaban J connectivity index is 1.83. The zero-order chi connectivity index (χ0) is 40.2. The molecule has 0 aliphatic carbocycles. The summed E-state index contributed by atoms with van der Waals surface area (Å²) in [6, 6.07) is -4.82. The van der Waals surface area contributed by atoms with Crippen molar-refractivity contribution in [2.75, 3.05) is 26.4 Å². The minimum absolute atomic E-state index is 0.725. The first-order valence-electron chi connectivity index (χ1n) is 17.1.